The fraction of sp³-hybridized carbons (Fsp3) is 0.333. The molecule has 0 N–H and O–H groups in total. The first-order chi connectivity index (χ1) is 7.68. The van der Waals surface area contributed by atoms with E-state index in [1.807, 2.05) is 0 Å². The number of rotatable bonds is 1. The van der Waals surface area contributed by atoms with Crippen LogP contribution < -0.4 is 0 Å². The number of hydrogen-bond donors (Lipinski definition) is 0. The van der Waals surface area contributed by atoms with Gasteiger partial charge >= 0.3 is 0 Å². The van der Waals surface area contributed by atoms with Gasteiger partial charge in [-0.15, -0.1) is 0 Å². The molecule has 1 aromatic rings. The van der Waals surface area contributed by atoms with Crippen molar-refractivity contribution in [3.63, 3.8) is 0 Å². The molecule has 0 bridgehead atoms. The first kappa shape index (κ1) is 11.0. The lowest BCUT2D eigenvalue weighted by Crippen LogP contribution is -2.35. The number of carbonyl (C=O) groups is 1. The molecule has 1 fully saturated rings. The van der Waals surface area contributed by atoms with E-state index in [4.69, 9.17) is 0 Å². The van der Waals surface area contributed by atoms with Crippen molar-refractivity contribution in [1.82, 2.24) is 4.90 Å². The van der Waals surface area contributed by atoms with Gasteiger partial charge in [-0.2, -0.15) is 0 Å². The lowest BCUT2D eigenvalue weighted by molar-refractivity contribution is 0.0741. The highest BCUT2D eigenvalue weighted by Crippen LogP contribution is 2.14. The van der Waals surface area contributed by atoms with Crippen LogP contribution in [0.2, 0.25) is 0 Å². The van der Waals surface area contributed by atoms with E-state index >= 15 is 0 Å². The molecule has 1 aliphatic rings. The standard InChI is InChI=1S/C12H12F2NO/c13-10-5-4-9(8-11(10)14)12(16)15-6-2-1-3-7-15/h1,4-5,8H,2-3,6-7H2. The summed E-state index contributed by atoms with van der Waals surface area (Å²) in [6.07, 6.45) is 3.83. The van der Waals surface area contributed by atoms with Crippen LogP contribution in [-0.4, -0.2) is 23.9 Å². The molecule has 1 amide bonds. The first-order valence-electron chi connectivity index (χ1n) is 5.24. The second-order valence-electron chi connectivity index (χ2n) is 3.79. The van der Waals surface area contributed by atoms with Crippen LogP contribution in [0.5, 0.6) is 0 Å². The topological polar surface area (TPSA) is 20.3 Å². The lowest BCUT2D eigenvalue weighted by atomic mass is 10.1. The summed E-state index contributed by atoms with van der Waals surface area (Å²) < 4.78 is 25.7. The summed E-state index contributed by atoms with van der Waals surface area (Å²) >= 11 is 0. The molecular weight excluding hydrogens is 212 g/mol. The Morgan fingerprint density at radius 1 is 1.12 bits per heavy atom. The molecule has 16 heavy (non-hydrogen) atoms. The minimum atomic E-state index is -0.977. The number of halogens is 2. The molecule has 1 saturated heterocycles. The van der Waals surface area contributed by atoms with Gasteiger partial charge in [0.25, 0.3) is 5.91 Å². The van der Waals surface area contributed by atoms with Crippen LogP contribution in [0.25, 0.3) is 0 Å². The number of nitrogens with zero attached hydrogens (tertiary/aromatic N) is 1. The summed E-state index contributed by atoms with van der Waals surface area (Å²) in [6, 6.07) is 3.26. The number of piperidine rings is 1. The number of carbonyl (C=O) groups excluding carboxylic acids is 1. The molecule has 2 rings (SSSR count). The van der Waals surface area contributed by atoms with E-state index in [2.05, 4.69) is 6.42 Å². The van der Waals surface area contributed by atoms with Crippen LogP contribution in [0.3, 0.4) is 0 Å². The van der Waals surface area contributed by atoms with Gasteiger partial charge in [0.1, 0.15) is 0 Å². The fourth-order valence-corrected chi connectivity index (χ4v) is 1.77. The average Bonchev–Trinajstić information content (AvgIpc) is 2.33. The van der Waals surface area contributed by atoms with E-state index in [0.717, 1.165) is 25.0 Å². The number of benzene rings is 1. The van der Waals surface area contributed by atoms with Gasteiger partial charge in [-0.05, 0) is 37.5 Å². The number of likely N-dealkylation sites (tertiary alicyclic amines) is 1. The minimum Gasteiger partial charge on any atom is -0.339 e. The van der Waals surface area contributed by atoms with E-state index < -0.39 is 11.6 Å². The molecule has 1 heterocycles. The molecule has 1 radical (unpaired) electrons. The van der Waals surface area contributed by atoms with Crippen molar-refractivity contribution < 1.29 is 13.6 Å². The van der Waals surface area contributed by atoms with Crippen LogP contribution in [0.1, 0.15) is 23.2 Å². The van der Waals surface area contributed by atoms with Crippen molar-refractivity contribution in [2.24, 2.45) is 0 Å². The molecule has 2 nitrogen and oxygen atoms in total. The minimum absolute atomic E-state index is 0.209. The number of amides is 1. The summed E-state index contributed by atoms with van der Waals surface area (Å²) in [5.41, 5.74) is 0.209. The molecule has 85 valence electrons. The molecular formula is C12H12F2NO. The van der Waals surface area contributed by atoms with Gasteiger partial charge in [-0.1, -0.05) is 0 Å². The molecule has 0 aliphatic carbocycles. The van der Waals surface area contributed by atoms with Crippen LogP contribution in [0.15, 0.2) is 18.2 Å². The van der Waals surface area contributed by atoms with Crippen molar-refractivity contribution in [2.45, 2.75) is 12.8 Å². The number of hydrogen-bond acceptors (Lipinski definition) is 1. The Bertz CT molecular complexity index is 400. The third-order valence-electron chi connectivity index (χ3n) is 2.66. The molecule has 4 heteroatoms. The smallest absolute Gasteiger partial charge is 0.253 e. The molecule has 0 saturated carbocycles. The molecule has 1 aromatic carbocycles. The average molecular weight is 224 g/mol. The van der Waals surface area contributed by atoms with Crippen LogP contribution >= 0.6 is 0 Å². The van der Waals surface area contributed by atoms with Crippen LogP contribution in [0.4, 0.5) is 8.78 Å². The summed E-state index contributed by atoms with van der Waals surface area (Å²) in [5.74, 6) is -2.13. The zero-order chi connectivity index (χ0) is 11.5. The Morgan fingerprint density at radius 3 is 2.44 bits per heavy atom. The summed E-state index contributed by atoms with van der Waals surface area (Å²) in [5, 5.41) is 0. The van der Waals surface area contributed by atoms with Gasteiger partial charge < -0.3 is 4.90 Å². The maximum absolute atomic E-state index is 13.0. The van der Waals surface area contributed by atoms with Gasteiger partial charge in [0.2, 0.25) is 0 Å². The van der Waals surface area contributed by atoms with Crippen molar-refractivity contribution in [2.75, 3.05) is 13.1 Å². The molecule has 0 unspecified atom stereocenters. The second kappa shape index (κ2) is 4.60. The normalized spacial score (nSPS) is 16.2. The van der Waals surface area contributed by atoms with Crippen molar-refractivity contribution in [3.05, 3.63) is 41.8 Å². The Labute approximate surface area is 92.9 Å². The fourth-order valence-electron chi connectivity index (χ4n) is 1.77. The van der Waals surface area contributed by atoms with Gasteiger partial charge in [0.15, 0.2) is 11.6 Å². The van der Waals surface area contributed by atoms with Gasteiger partial charge in [0.05, 0.1) is 0 Å². The SMILES string of the molecule is O=C(c1ccc(F)c(F)c1)N1CC[CH]CC1. The Balaban J connectivity index is 2.16. The lowest BCUT2D eigenvalue weighted by Gasteiger charge is -2.26. The van der Waals surface area contributed by atoms with Gasteiger partial charge in [-0.3, -0.25) is 4.79 Å². The predicted molar refractivity (Wildman–Crippen MR) is 55.8 cm³/mol. The van der Waals surface area contributed by atoms with Gasteiger partial charge in [-0.25, -0.2) is 8.78 Å². The maximum Gasteiger partial charge on any atom is 0.253 e. The predicted octanol–water partition coefficient (Wildman–Crippen LogP) is 2.41. The second-order valence-corrected chi connectivity index (χ2v) is 3.79. The van der Waals surface area contributed by atoms with Crippen LogP contribution in [0, 0.1) is 18.1 Å². The Hall–Kier alpha value is -1.45. The first-order valence-corrected chi connectivity index (χ1v) is 5.24. The zero-order valence-corrected chi connectivity index (χ0v) is 8.75. The Morgan fingerprint density at radius 2 is 1.81 bits per heavy atom. The summed E-state index contributed by atoms with van der Waals surface area (Å²) in [4.78, 5) is 13.5. The van der Waals surface area contributed by atoms with E-state index in [-0.39, 0.29) is 11.5 Å². The monoisotopic (exact) mass is 224 g/mol. The zero-order valence-electron chi connectivity index (χ0n) is 8.75. The van der Waals surface area contributed by atoms with Crippen molar-refractivity contribution in [1.29, 1.82) is 0 Å². The quantitative estimate of drug-likeness (QED) is 0.717. The molecule has 1 aliphatic heterocycles. The van der Waals surface area contributed by atoms with Crippen LogP contribution in [-0.2, 0) is 0 Å². The van der Waals surface area contributed by atoms with E-state index in [1.165, 1.54) is 6.07 Å². The van der Waals surface area contributed by atoms with Gasteiger partial charge in [0, 0.05) is 18.7 Å². The van der Waals surface area contributed by atoms with E-state index in [0.29, 0.717) is 13.1 Å². The maximum atomic E-state index is 13.0. The molecule has 0 spiro atoms. The molecule has 0 atom stereocenters. The largest absolute Gasteiger partial charge is 0.339 e. The third kappa shape index (κ3) is 2.21. The van der Waals surface area contributed by atoms with Crippen molar-refractivity contribution in [3.8, 4) is 0 Å². The Kier molecular flexibility index (Phi) is 3.17. The molecule has 0 aromatic heterocycles. The van der Waals surface area contributed by atoms with E-state index in [9.17, 15) is 13.6 Å². The third-order valence-corrected chi connectivity index (χ3v) is 2.66. The van der Waals surface area contributed by atoms with E-state index in [1.54, 1.807) is 4.90 Å². The summed E-state index contributed by atoms with van der Waals surface area (Å²) in [7, 11) is 0. The van der Waals surface area contributed by atoms with Crippen molar-refractivity contribution >= 4 is 5.91 Å². The highest BCUT2D eigenvalue weighted by Gasteiger charge is 2.19. The highest BCUT2D eigenvalue weighted by molar-refractivity contribution is 5.94. The highest BCUT2D eigenvalue weighted by atomic mass is 19.2. The summed E-state index contributed by atoms with van der Waals surface area (Å²) in [6.45, 7) is 1.30.